The Labute approximate surface area is 107 Å². The molecule has 0 aliphatic rings. The number of unbranched alkanes of at least 4 members (excludes halogenated alkanes) is 1. The highest BCUT2D eigenvalue weighted by Crippen LogP contribution is 2.24. The molecule has 0 saturated carbocycles. The molecule has 0 fully saturated rings. The van der Waals surface area contributed by atoms with Crippen LogP contribution in [-0.4, -0.2) is 13.1 Å². The number of hydrogen-bond acceptors (Lipinski definition) is 2. The molecule has 0 aliphatic heterocycles. The van der Waals surface area contributed by atoms with Crippen LogP contribution >= 0.6 is 0 Å². The second-order valence-corrected chi connectivity index (χ2v) is 5.71. The molecule has 2 heteroatoms. The Balaban J connectivity index is 3.76. The Kier molecular flexibility index (Phi) is 9.20. The van der Waals surface area contributed by atoms with Gasteiger partial charge in [0.05, 0.1) is 7.11 Å². The average molecular weight is 242 g/mol. The number of rotatable bonds is 9. The van der Waals surface area contributed by atoms with Crippen molar-refractivity contribution in [2.24, 2.45) is 17.8 Å². The van der Waals surface area contributed by atoms with Gasteiger partial charge in [0.25, 0.3) is 0 Å². The van der Waals surface area contributed by atoms with E-state index in [2.05, 4.69) is 27.7 Å². The zero-order chi connectivity index (χ0) is 13.3. The third-order valence-electron chi connectivity index (χ3n) is 3.40. The number of ether oxygens (including phenoxy) is 1. The number of carbonyl (C=O) groups excluding carboxylic acids is 1. The van der Waals surface area contributed by atoms with Crippen LogP contribution in [0.25, 0.3) is 0 Å². The van der Waals surface area contributed by atoms with E-state index < -0.39 is 0 Å². The summed E-state index contributed by atoms with van der Waals surface area (Å²) in [5.41, 5.74) is 0. The minimum atomic E-state index is -0.0799. The minimum Gasteiger partial charge on any atom is -0.469 e. The number of carbonyl (C=O) groups is 1. The highest BCUT2D eigenvalue weighted by atomic mass is 16.5. The van der Waals surface area contributed by atoms with Crippen molar-refractivity contribution in [3.05, 3.63) is 0 Å². The van der Waals surface area contributed by atoms with Crippen LogP contribution in [0.1, 0.15) is 66.2 Å². The van der Waals surface area contributed by atoms with Crippen molar-refractivity contribution in [2.75, 3.05) is 7.11 Å². The number of methoxy groups -OCH3 is 1. The molecule has 0 aromatic rings. The van der Waals surface area contributed by atoms with Gasteiger partial charge in [0.2, 0.25) is 0 Å². The fourth-order valence-corrected chi connectivity index (χ4v) is 2.59. The molecule has 0 aromatic heterocycles. The Bertz CT molecular complexity index is 201. The molecule has 0 saturated heterocycles. The van der Waals surface area contributed by atoms with Gasteiger partial charge in [0.1, 0.15) is 0 Å². The smallest absolute Gasteiger partial charge is 0.305 e. The summed E-state index contributed by atoms with van der Waals surface area (Å²) in [5.74, 6) is 1.89. The minimum absolute atomic E-state index is 0.0799. The van der Waals surface area contributed by atoms with E-state index in [1.54, 1.807) is 0 Å². The first kappa shape index (κ1) is 16.5. The van der Waals surface area contributed by atoms with E-state index in [1.165, 1.54) is 32.8 Å². The summed E-state index contributed by atoms with van der Waals surface area (Å²) in [4.78, 5) is 11.1. The predicted octanol–water partition coefficient (Wildman–Crippen LogP) is 4.43. The van der Waals surface area contributed by atoms with Crippen LogP contribution in [0.3, 0.4) is 0 Å². The molecule has 0 bridgehead atoms. The summed E-state index contributed by atoms with van der Waals surface area (Å²) in [5, 5.41) is 0. The van der Waals surface area contributed by atoms with Gasteiger partial charge in [-0.1, -0.05) is 47.0 Å². The first-order valence-electron chi connectivity index (χ1n) is 7.06. The normalized spacial score (nSPS) is 16.3. The van der Waals surface area contributed by atoms with Crippen LogP contribution in [0.2, 0.25) is 0 Å². The van der Waals surface area contributed by atoms with E-state index in [0.29, 0.717) is 18.3 Å². The maximum Gasteiger partial charge on any atom is 0.305 e. The van der Waals surface area contributed by atoms with Gasteiger partial charge in [-0.2, -0.15) is 0 Å². The average Bonchev–Trinajstić information content (AvgIpc) is 2.25. The maximum atomic E-state index is 11.1. The van der Waals surface area contributed by atoms with Gasteiger partial charge in [-0.05, 0) is 30.6 Å². The monoisotopic (exact) mass is 242 g/mol. The van der Waals surface area contributed by atoms with E-state index in [0.717, 1.165) is 12.3 Å². The fraction of sp³-hybridized carbons (Fsp3) is 0.933. The van der Waals surface area contributed by atoms with E-state index >= 15 is 0 Å². The summed E-state index contributed by atoms with van der Waals surface area (Å²) in [6.07, 6.45) is 6.94. The van der Waals surface area contributed by atoms with Crippen LogP contribution in [-0.2, 0) is 9.53 Å². The molecule has 3 atom stereocenters. The van der Waals surface area contributed by atoms with Crippen molar-refractivity contribution in [1.82, 2.24) is 0 Å². The molecule has 0 heterocycles. The lowest BCUT2D eigenvalue weighted by Crippen LogP contribution is -2.12. The number of hydrogen-bond donors (Lipinski definition) is 0. The molecular formula is C15H30O2. The molecule has 0 spiro atoms. The van der Waals surface area contributed by atoms with Gasteiger partial charge in [0.15, 0.2) is 0 Å². The van der Waals surface area contributed by atoms with Gasteiger partial charge in [0, 0.05) is 6.42 Å². The summed E-state index contributed by atoms with van der Waals surface area (Å²) in [7, 11) is 1.46. The molecular weight excluding hydrogens is 212 g/mol. The van der Waals surface area contributed by atoms with Crippen LogP contribution < -0.4 is 0 Å². The summed E-state index contributed by atoms with van der Waals surface area (Å²) < 4.78 is 4.70. The standard InChI is InChI=1S/C15H30O2/c1-6-7-8-12(2)9-13(3)10-14(4)11-15(16)17-5/h12-14H,6-11H2,1-5H3. The highest BCUT2D eigenvalue weighted by Gasteiger charge is 2.15. The molecule has 0 amide bonds. The van der Waals surface area contributed by atoms with Gasteiger partial charge < -0.3 is 4.74 Å². The van der Waals surface area contributed by atoms with Crippen molar-refractivity contribution in [1.29, 1.82) is 0 Å². The van der Waals surface area contributed by atoms with Gasteiger partial charge in [-0.3, -0.25) is 4.79 Å². The quantitative estimate of drug-likeness (QED) is 0.559. The molecule has 2 nitrogen and oxygen atoms in total. The van der Waals surface area contributed by atoms with E-state index in [-0.39, 0.29) is 5.97 Å². The van der Waals surface area contributed by atoms with Gasteiger partial charge in [-0.15, -0.1) is 0 Å². The second-order valence-electron chi connectivity index (χ2n) is 5.71. The lowest BCUT2D eigenvalue weighted by atomic mass is 9.86. The first-order valence-corrected chi connectivity index (χ1v) is 7.06. The van der Waals surface area contributed by atoms with E-state index in [1.807, 2.05) is 0 Å². The second kappa shape index (κ2) is 9.49. The summed E-state index contributed by atoms with van der Waals surface area (Å²) >= 11 is 0. The number of esters is 1. The van der Waals surface area contributed by atoms with Crippen molar-refractivity contribution < 1.29 is 9.53 Å². The van der Waals surface area contributed by atoms with E-state index in [4.69, 9.17) is 4.74 Å². The predicted molar refractivity (Wildman–Crippen MR) is 72.9 cm³/mol. The molecule has 0 radical (unpaired) electrons. The molecule has 0 N–H and O–H groups in total. The Hall–Kier alpha value is -0.530. The van der Waals surface area contributed by atoms with E-state index in [9.17, 15) is 4.79 Å². The van der Waals surface area contributed by atoms with Crippen LogP contribution in [0, 0.1) is 17.8 Å². The Morgan fingerprint density at radius 2 is 1.65 bits per heavy atom. The maximum absolute atomic E-state index is 11.1. The van der Waals surface area contributed by atoms with Crippen LogP contribution in [0.5, 0.6) is 0 Å². The zero-order valence-corrected chi connectivity index (χ0v) is 12.3. The third kappa shape index (κ3) is 9.20. The van der Waals surface area contributed by atoms with Crippen molar-refractivity contribution >= 4 is 5.97 Å². The summed E-state index contributed by atoms with van der Waals surface area (Å²) in [6.45, 7) is 9.03. The molecule has 17 heavy (non-hydrogen) atoms. The molecule has 102 valence electrons. The third-order valence-corrected chi connectivity index (χ3v) is 3.40. The van der Waals surface area contributed by atoms with Crippen molar-refractivity contribution in [2.45, 2.75) is 66.2 Å². The fourth-order valence-electron chi connectivity index (χ4n) is 2.59. The highest BCUT2D eigenvalue weighted by molar-refractivity contribution is 5.69. The van der Waals surface area contributed by atoms with Gasteiger partial charge >= 0.3 is 5.97 Å². The first-order chi connectivity index (χ1) is 7.99. The Morgan fingerprint density at radius 1 is 1.06 bits per heavy atom. The SMILES string of the molecule is CCCCC(C)CC(C)CC(C)CC(=O)OC. The molecule has 0 aromatic carbocycles. The Morgan fingerprint density at radius 3 is 2.18 bits per heavy atom. The molecule has 3 unspecified atom stereocenters. The molecule has 0 aliphatic carbocycles. The lowest BCUT2D eigenvalue weighted by Gasteiger charge is -2.20. The van der Waals surface area contributed by atoms with Gasteiger partial charge in [-0.25, -0.2) is 0 Å². The lowest BCUT2D eigenvalue weighted by molar-refractivity contribution is -0.141. The van der Waals surface area contributed by atoms with Crippen LogP contribution in [0.4, 0.5) is 0 Å². The molecule has 0 rings (SSSR count). The largest absolute Gasteiger partial charge is 0.469 e. The van der Waals surface area contributed by atoms with Crippen LogP contribution in [0.15, 0.2) is 0 Å². The van der Waals surface area contributed by atoms with Crippen molar-refractivity contribution in [3.8, 4) is 0 Å². The topological polar surface area (TPSA) is 26.3 Å². The zero-order valence-electron chi connectivity index (χ0n) is 12.3. The van der Waals surface area contributed by atoms with Crippen molar-refractivity contribution in [3.63, 3.8) is 0 Å². The summed E-state index contributed by atoms with van der Waals surface area (Å²) in [6, 6.07) is 0.